The number of carbonyl (C=O) groups excluding carboxylic acids is 1. The zero-order valence-corrected chi connectivity index (χ0v) is 17.4. The summed E-state index contributed by atoms with van der Waals surface area (Å²) >= 11 is 1.12. The standard InChI is InChI=1S/C21H20FN3O5S/c1-13(28-15-8-6-14(22)7-9-15)20-24-25-21(30-20)31-12-19(26)23-10-16-11-27-17-4-2-3-5-18(17)29-16/h2-9,13,16H,10-12H2,1H3,(H,23,26). The average Bonchev–Trinajstić information content (AvgIpc) is 3.27. The molecule has 1 N–H and O–H groups in total. The van der Waals surface area contributed by atoms with Gasteiger partial charge < -0.3 is 23.9 Å². The summed E-state index contributed by atoms with van der Waals surface area (Å²) in [4.78, 5) is 12.1. The van der Waals surface area contributed by atoms with Crippen LogP contribution in [0.3, 0.4) is 0 Å². The molecule has 162 valence electrons. The third-order valence-electron chi connectivity index (χ3n) is 4.32. The van der Waals surface area contributed by atoms with Gasteiger partial charge in [-0.15, -0.1) is 10.2 Å². The van der Waals surface area contributed by atoms with Crippen LogP contribution in [0.1, 0.15) is 18.9 Å². The Kier molecular flexibility index (Phi) is 6.56. The van der Waals surface area contributed by atoms with Crippen LogP contribution >= 0.6 is 11.8 Å². The quantitative estimate of drug-likeness (QED) is 0.527. The highest BCUT2D eigenvalue weighted by Gasteiger charge is 2.21. The summed E-state index contributed by atoms with van der Waals surface area (Å²) in [5.41, 5.74) is 0. The van der Waals surface area contributed by atoms with Gasteiger partial charge in [0, 0.05) is 0 Å². The zero-order chi connectivity index (χ0) is 21.6. The smallest absolute Gasteiger partial charge is 0.277 e. The van der Waals surface area contributed by atoms with Crippen molar-refractivity contribution in [3.05, 3.63) is 60.2 Å². The van der Waals surface area contributed by atoms with E-state index in [-0.39, 0.29) is 34.7 Å². The van der Waals surface area contributed by atoms with Crippen LogP contribution in [0.2, 0.25) is 0 Å². The molecule has 2 atom stereocenters. The summed E-state index contributed by atoms with van der Waals surface area (Å²) in [5.74, 6) is 1.68. The van der Waals surface area contributed by atoms with E-state index in [1.54, 1.807) is 6.92 Å². The van der Waals surface area contributed by atoms with Gasteiger partial charge in [-0.2, -0.15) is 0 Å². The first-order valence-corrected chi connectivity index (χ1v) is 10.6. The fraction of sp³-hybridized carbons (Fsp3) is 0.286. The van der Waals surface area contributed by atoms with Crippen LogP contribution in [0.5, 0.6) is 17.2 Å². The zero-order valence-electron chi connectivity index (χ0n) is 16.6. The van der Waals surface area contributed by atoms with Crippen molar-refractivity contribution >= 4 is 17.7 Å². The molecule has 0 aliphatic carbocycles. The number of carbonyl (C=O) groups is 1. The van der Waals surface area contributed by atoms with Crippen molar-refractivity contribution in [1.29, 1.82) is 0 Å². The van der Waals surface area contributed by atoms with Gasteiger partial charge in [-0.3, -0.25) is 4.79 Å². The van der Waals surface area contributed by atoms with E-state index in [0.29, 0.717) is 30.4 Å². The van der Waals surface area contributed by atoms with E-state index in [1.165, 1.54) is 24.3 Å². The van der Waals surface area contributed by atoms with Gasteiger partial charge in [0.2, 0.25) is 5.91 Å². The highest BCUT2D eigenvalue weighted by Crippen LogP contribution is 2.30. The lowest BCUT2D eigenvalue weighted by molar-refractivity contribution is -0.119. The minimum Gasteiger partial charge on any atom is -0.486 e. The first-order chi connectivity index (χ1) is 15.1. The average molecular weight is 445 g/mol. The molecule has 0 bridgehead atoms. The normalized spacial score (nSPS) is 15.9. The van der Waals surface area contributed by atoms with Crippen LogP contribution in [0.4, 0.5) is 4.39 Å². The second-order valence-corrected chi connectivity index (χ2v) is 7.64. The lowest BCUT2D eigenvalue weighted by Gasteiger charge is -2.26. The van der Waals surface area contributed by atoms with E-state index < -0.39 is 6.10 Å². The van der Waals surface area contributed by atoms with E-state index in [1.807, 2.05) is 24.3 Å². The van der Waals surface area contributed by atoms with Crippen molar-refractivity contribution < 1.29 is 27.8 Å². The SMILES string of the molecule is CC(Oc1ccc(F)cc1)c1nnc(SCC(=O)NCC2COc3ccccc3O2)o1. The number of nitrogens with one attached hydrogen (secondary N) is 1. The molecule has 2 aromatic carbocycles. The number of benzene rings is 2. The van der Waals surface area contributed by atoms with Gasteiger partial charge in [-0.05, 0) is 43.3 Å². The molecule has 0 radical (unpaired) electrons. The Bertz CT molecular complexity index is 1030. The van der Waals surface area contributed by atoms with Crippen molar-refractivity contribution in [2.24, 2.45) is 0 Å². The molecule has 1 aliphatic rings. The Balaban J connectivity index is 1.20. The van der Waals surface area contributed by atoms with Gasteiger partial charge in [0.15, 0.2) is 17.6 Å². The Labute approximate surface area is 182 Å². The summed E-state index contributed by atoms with van der Waals surface area (Å²) in [7, 11) is 0. The highest BCUT2D eigenvalue weighted by molar-refractivity contribution is 7.99. The van der Waals surface area contributed by atoms with Crippen LogP contribution < -0.4 is 19.5 Å². The number of aromatic nitrogens is 2. The number of thioether (sulfide) groups is 1. The summed E-state index contributed by atoms with van der Waals surface area (Å²) < 4.78 is 35.6. The highest BCUT2D eigenvalue weighted by atomic mass is 32.2. The number of amides is 1. The van der Waals surface area contributed by atoms with Gasteiger partial charge in [0.25, 0.3) is 11.1 Å². The number of rotatable bonds is 8. The Hall–Kier alpha value is -3.27. The molecule has 0 fully saturated rings. The second kappa shape index (κ2) is 9.69. The van der Waals surface area contributed by atoms with Crippen molar-refractivity contribution in [2.75, 3.05) is 18.9 Å². The number of halogens is 1. The van der Waals surface area contributed by atoms with Crippen molar-refractivity contribution in [3.63, 3.8) is 0 Å². The van der Waals surface area contributed by atoms with Crippen LogP contribution in [0.25, 0.3) is 0 Å². The maximum Gasteiger partial charge on any atom is 0.277 e. The number of hydrogen-bond acceptors (Lipinski definition) is 8. The second-order valence-electron chi connectivity index (χ2n) is 6.71. The lowest BCUT2D eigenvalue weighted by Crippen LogP contribution is -2.41. The molecule has 3 aromatic rings. The van der Waals surface area contributed by atoms with Gasteiger partial charge >= 0.3 is 0 Å². The fourth-order valence-corrected chi connectivity index (χ4v) is 3.38. The molecule has 31 heavy (non-hydrogen) atoms. The first-order valence-electron chi connectivity index (χ1n) is 9.60. The molecule has 2 heterocycles. The third-order valence-corrected chi connectivity index (χ3v) is 5.14. The number of fused-ring (bicyclic) bond motifs is 1. The molecule has 10 heteroatoms. The van der Waals surface area contributed by atoms with Crippen molar-refractivity contribution in [3.8, 4) is 17.2 Å². The van der Waals surface area contributed by atoms with Gasteiger partial charge in [0.05, 0.1) is 12.3 Å². The molecule has 4 rings (SSSR count). The summed E-state index contributed by atoms with van der Waals surface area (Å²) in [6, 6.07) is 13.0. The maximum absolute atomic E-state index is 13.0. The largest absolute Gasteiger partial charge is 0.486 e. The van der Waals surface area contributed by atoms with Crippen LogP contribution in [0, 0.1) is 5.82 Å². The number of nitrogens with zero attached hydrogens (tertiary/aromatic N) is 2. The molecule has 0 saturated heterocycles. The van der Waals surface area contributed by atoms with E-state index in [4.69, 9.17) is 18.6 Å². The summed E-state index contributed by atoms with van der Waals surface area (Å²) in [5, 5.41) is 10.9. The minimum atomic E-state index is -0.521. The molecule has 1 aromatic heterocycles. The molecular formula is C21H20FN3O5S. The third kappa shape index (κ3) is 5.66. The monoisotopic (exact) mass is 445 g/mol. The van der Waals surface area contributed by atoms with Crippen molar-refractivity contribution in [1.82, 2.24) is 15.5 Å². The molecule has 2 unspecified atom stereocenters. The van der Waals surface area contributed by atoms with Gasteiger partial charge in [-0.1, -0.05) is 23.9 Å². The predicted octanol–water partition coefficient (Wildman–Crippen LogP) is 3.40. The maximum atomic E-state index is 13.0. The molecule has 0 saturated carbocycles. The number of ether oxygens (including phenoxy) is 3. The fourth-order valence-electron chi connectivity index (χ4n) is 2.78. The van der Waals surface area contributed by atoms with E-state index in [0.717, 1.165) is 11.8 Å². The summed E-state index contributed by atoms with van der Waals surface area (Å²) in [6.07, 6.45) is -0.782. The topological polar surface area (TPSA) is 95.7 Å². The molecular weight excluding hydrogens is 425 g/mol. The predicted molar refractivity (Wildman–Crippen MR) is 110 cm³/mol. The van der Waals surface area contributed by atoms with Gasteiger partial charge in [-0.25, -0.2) is 4.39 Å². The Morgan fingerprint density at radius 3 is 2.81 bits per heavy atom. The van der Waals surface area contributed by atoms with Crippen molar-refractivity contribution in [2.45, 2.75) is 24.4 Å². The first kappa shape index (κ1) is 21.0. The number of para-hydroxylation sites is 2. The molecule has 8 nitrogen and oxygen atoms in total. The lowest BCUT2D eigenvalue weighted by atomic mass is 10.2. The van der Waals surface area contributed by atoms with Gasteiger partial charge in [0.1, 0.15) is 24.3 Å². The molecule has 1 aliphatic heterocycles. The van der Waals surface area contributed by atoms with E-state index in [9.17, 15) is 9.18 Å². The molecule has 0 spiro atoms. The minimum absolute atomic E-state index is 0.110. The Morgan fingerprint density at radius 1 is 1.23 bits per heavy atom. The van der Waals surface area contributed by atoms with E-state index in [2.05, 4.69) is 15.5 Å². The van der Waals surface area contributed by atoms with E-state index >= 15 is 0 Å². The summed E-state index contributed by atoms with van der Waals surface area (Å²) in [6.45, 7) is 2.43. The number of hydrogen-bond donors (Lipinski definition) is 1. The van der Waals surface area contributed by atoms with Crippen LogP contribution in [0.15, 0.2) is 58.2 Å². The Morgan fingerprint density at radius 2 is 2.00 bits per heavy atom. The molecule has 1 amide bonds. The van der Waals surface area contributed by atoms with Crippen LogP contribution in [-0.4, -0.2) is 41.1 Å². The van der Waals surface area contributed by atoms with Crippen LogP contribution in [-0.2, 0) is 4.79 Å².